The number of rotatable bonds is 7. The molecule has 2 aromatic heterocycles. The summed E-state index contributed by atoms with van der Waals surface area (Å²) < 4.78 is 7.48. The number of H-pyrrole nitrogens is 1. The molecule has 158 valence electrons. The summed E-state index contributed by atoms with van der Waals surface area (Å²) in [6.07, 6.45) is 3.17. The SMILES string of the molecule is CC(C)c1nnc(-c2ccc(Oc3cc(C(=O)O)ccc3Cn3cc[nH]c3=O)cc2)s1. The maximum Gasteiger partial charge on any atom is 0.335 e. The van der Waals surface area contributed by atoms with Crippen molar-refractivity contribution in [2.75, 3.05) is 0 Å². The smallest absolute Gasteiger partial charge is 0.335 e. The monoisotopic (exact) mass is 436 g/mol. The standard InChI is InChI=1S/C22H20N4O4S/c1-13(2)19-24-25-20(31-19)14-5-7-17(8-6-14)30-18-11-15(21(27)28)3-4-16(18)12-26-10-9-23-22(26)29/h3-11,13H,12H2,1-2H3,(H,23,29)(H,27,28). The number of aromatic carboxylic acids is 1. The quantitative estimate of drug-likeness (QED) is 0.445. The van der Waals surface area contributed by atoms with Gasteiger partial charge in [-0.15, -0.1) is 10.2 Å². The molecule has 2 aromatic carbocycles. The largest absolute Gasteiger partial charge is 0.478 e. The van der Waals surface area contributed by atoms with Crippen LogP contribution >= 0.6 is 11.3 Å². The number of aromatic nitrogens is 4. The molecule has 2 N–H and O–H groups in total. The van der Waals surface area contributed by atoms with Gasteiger partial charge in [-0.25, -0.2) is 9.59 Å². The summed E-state index contributed by atoms with van der Waals surface area (Å²) in [5.41, 5.74) is 1.46. The summed E-state index contributed by atoms with van der Waals surface area (Å²) in [7, 11) is 0. The second kappa shape index (κ2) is 8.57. The van der Waals surface area contributed by atoms with Crippen molar-refractivity contribution in [3.8, 4) is 22.1 Å². The molecule has 4 rings (SSSR count). The van der Waals surface area contributed by atoms with Gasteiger partial charge in [-0.1, -0.05) is 31.3 Å². The Morgan fingerprint density at radius 3 is 2.58 bits per heavy atom. The van der Waals surface area contributed by atoms with Gasteiger partial charge in [0.15, 0.2) is 0 Å². The van der Waals surface area contributed by atoms with E-state index in [-0.39, 0.29) is 17.8 Å². The van der Waals surface area contributed by atoms with E-state index in [1.807, 2.05) is 12.1 Å². The van der Waals surface area contributed by atoms with E-state index in [4.69, 9.17) is 4.74 Å². The zero-order valence-corrected chi connectivity index (χ0v) is 17.7. The van der Waals surface area contributed by atoms with Crippen molar-refractivity contribution in [2.24, 2.45) is 0 Å². The van der Waals surface area contributed by atoms with Crippen molar-refractivity contribution in [3.05, 3.63) is 81.5 Å². The third-order valence-corrected chi connectivity index (χ3v) is 5.91. The second-order valence-electron chi connectivity index (χ2n) is 7.25. The summed E-state index contributed by atoms with van der Waals surface area (Å²) in [6.45, 7) is 4.40. The molecule has 0 saturated carbocycles. The normalized spacial score (nSPS) is 11.1. The molecule has 31 heavy (non-hydrogen) atoms. The van der Waals surface area contributed by atoms with Gasteiger partial charge >= 0.3 is 11.7 Å². The fourth-order valence-electron chi connectivity index (χ4n) is 2.95. The number of imidazole rings is 1. The predicted molar refractivity (Wildman–Crippen MR) is 117 cm³/mol. The van der Waals surface area contributed by atoms with Crippen LogP contribution in [0.1, 0.15) is 40.7 Å². The highest BCUT2D eigenvalue weighted by Crippen LogP contribution is 2.31. The molecule has 0 aliphatic carbocycles. The first-order valence-electron chi connectivity index (χ1n) is 9.62. The number of hydrogen-bond acceptors (Lipinski definition) is 6. The Morgan fingerprint density at radius 2 is 1.97 bits per heavy atom. The lowest BCUT2D eigenvalue weighted by atomic mass is 10.1. The number of nitrogens with one attached hydrogen (secondary N) is 1. The molecule has 0 saturated heterocycles. The summed E-state index contributed by atoms with van der Waals surface area (Å²) in [4.78, 5) is 25.8. The Morgan fingerprint density at radius 1 is 1.19 bits per heavy atom. The third-order valence-electron chi connectivity index (χ3n) is 4.64. The molecule has 0 aliphatic rings. The summed E-state index contributed by atoms with van der Waals surface area (Å²) in [5, 5.41) is 19.6. The first-order valence-corrected chi connectivity index (χ1v) is 10.4. The van der Waals surface area contributed by atoms with E-state index in [0.717, 1.165) is 15.6 Å². The van der Waals surface area contributed by atoms with Crippen LogP contribution in [0.15, 0.2) is 59.7 Å². The molecule has 0 fully saturated rings. The van der Waals surface area contributed by atoms with Gasteiger partial charge < -0.3 is 14.8 Å². The van der Waals surface area contributed by atoms with Gasteiger partial charge in [0.05, 0.1) is 12.1 Å². The summed E-state index contributed by atoms with van der Waals surface area (Å²) in [6, 6.07) is 12.0. The lowest BCUT2D eigenvalue weighted by Crippen LogP contribution is -2.17. The van der Waals surface area contributed by atoms with E-state index in [9.17, 15) is 14.7 Å². The van der Waals surface area contributed by atoms with Crippen molar-refractivity contribution >= 4 is 17.3 Å². The van der Waals surface area contributed by atoms with Gasteiger partial charge in [-0.2, -0.15) is 0 Å². The molecule has 0 atom stereocenters. The maximum absolute atomic E-state index is 11.8. The Bertz CT molecular complexity index is 1270. The third kappa shape index (κ3) is 4.56. The van der Waals surface area contributed by atoms with Crippen LogP contribution in [0.2, 0.25) is 0 Å². The summed E-state index contributed by atoms with van der Waals surface area (Å²) in [5.74, 6) is 0.186. The van der Waals surface area contributed by atoms with Crippen LogP contribution in [-0.2, 0) is 6.54 Å². The first kappa shape index (κ1) is 20.5. The molecule has 0 spiro atoms. The molecule has 0 radical (unpaired) electrons. The number of carboxylic acids is 1. The van der Waals surface area contributed by atoms with E-state index in [1.54, 1.807) is 41.9 Å². The first-order chi connectivity index (χ1) is 14.9. The van der Waals surface area contributed by atoms with E-state index in [0.29, 0.717) is 23.0 Å². The zero-order valence-electron chi connectivity index (χ0n) is 16.9. The Labute approximate surface area is 181 Å². The topological polar surface area (TPSA) is 110 Å². The molecule has 2 heterocycles. The van der Waals surface area contributed by atoms with Crippen LogP contribution in [0, 0.1) is 0 Å². The number of carbonyl (C=O) groups is 1. The fraction of sp³-hybridized carbons (Fsp3) is 0.182. The van der Waals surface area contributed by atoms with Gasteiger partial charge in [-0.05, 0) is 36.4 Å². The van der Waals surface area contributed by atoms with Crippen LogP contribution < -0.4 is 10.4 Å². The molecule has 0 bridgehead atoms. The second-order valence-corrected chi connectivity index (χ2v) is 8.26. The van der Waals surface area contributed by atoms with Crippen LogP contribution in [0.3, 0.4) is 0 Å². The molecule has 0 unspecified atom stereocenters. The predicted octanol–water partition coefficient (Wildman–Crippen LogP) is 4.36. The summed E-state index contributed by atoms with van der Waals surface area (Å²) >= 11 is 1.55. The number of aromatic amines is 1. The molecular weight excluding hydrogens is 416 g/mol. The van der Waals surface area contributed by atoms with E-state index in [2.05, 4.69) is 29.0 Å². The Hall–Kier alpha value is -3.72. The lowest BCUT2D eigenvalue weighted by molar-refractivity contribution is 0.0696. The van der Waals surface area contributed by atoms with Gasteiger partial charge in [0.2, 0.25) is 0 Å². The number of carboxylic acid groups (broad SMARTS) is 1. The van der Waals surface area contributed by atoms with Crippen molar-refractivity contribution < 1.29 is 14.6 Å². The Kier molecular flexibility index (Phi) is 5.68. The number of benzene rings is 2. The molecule has 4 aromatic rings. The van der Waals surface area contributed by atoms with Crippen molar-refractivity contribution in [1.29, 1.82) is 0 Å². The van der Waals surface area contributed by atoms with E-state index in [1.165, 1.54) is 16.7 Å². The molecular formula is C22H20N4O4S. The van der Waals surface area contributed by atoms with Gasteiger partial charge in [-0.3, -0.25) is 4.57 Å². The number of hydrogen-bond donors (Lipinski definition) is 2. The highest BCUT2D eigenvalue weighted by molar-refractivity contribution is 7.14. The Balaban J connectivity index is 1.61. The molecule has 8 nitrogen and oxygen atoms in total. The van der Waals surface area contributed by atoms with Crippen molar-refractivity contribution in [1.82, 2.24) is 19.7 Å². The number of ether oxygens (including phenoxy) is 1. The minimum atomic E-state index is -1.05. The van der Waals surface area contributed by atoms with Crippen LogP contribution in [0.5, 0.6) is 11.5 Å². The van der Waals surface area contributed by atoms with Crippen LogP contribution in [0.25, 0.3) is 10.6 Å². The highest BCUT2D eigenvalue weighted by atomic mass is 32.1. The van der Waals surface area contributed by atoms with E-state index < -0.39 is 5.97 Å². The van der Waals surface area contributed by atoms with Gasteiger partial charge in [0, 0.05) is 29.4 Å². The van der Waals surface area contributed by atoms with Crippen molar-refractivity contribution in [3.63, 3.8) is 0 Å². The van der Waals surface area contributed by atoms with E-state index >= 15 is 0 Å². The van der Waals surface area contributed by atoms with Crippen molar-refractivity contribution in [2.45, 2.75) is 26.3 Å². The average Bonchev–Trinajstić information content (AvgIpc) is 3.39. The van der Waals surface area contributed by atoms with Gasteiger partial charge in [0.1, 0.15) is 21.5 Å². The molecule has 0 amide bonds. The van der Waals surface area contributed by atoms with Crippen LogP contribution in [0.4, 0.5) is 0 Å². The average molecular weight is 436 g/mol. The minimum absolute atomic E-state index is 0.104. The molecule has 0 aliphatic heterocycles. The minimum Gasteiger partial charge on any atom is -0.478 e. The zero-order chi connectivity index (χ0) is 22.0. The van der Waals surface area contributed by atoms with Gasteiger partial charge in [0.25, 0.3) is 0 Å². The fourth-order valence-corrected chi connectivity index (χ4v) is 3.80. The lowest BCUT2D eigenvalue weighted by Gasteiger charge is -2.13. The maximum atomic E-state index is 11.8. The number of nitrogens with zero attached hydrogens (tertiary/aromatic N) is 3. The van der Waals surface area contributed by atoms with Crippen LogP contribution in [-0.4, -0.2) is 30.8 Å². The highest BCUT2D eigenvalue weighted by Gasteiger charge is 2.13. The molecule has 9 heteroatoms.